The number of carbonyl (C=O) groups is 1. The Morgan fingerprint density at radius 3 is 2.65 bits per heavy atom. The van der Waals surface area contributed by atoms with Gasteiger partial charge in [0.1, 0.15) is 11.0 Å². The number of aromatic nitrogens is 3. The van der Waals surface area contributed by atoms with Crippen LogP contribution in [0, 0.1) is 11.3 Å². The van der Waals surface area contributed by atoms with Crippen LogP contribution >= 0.6 is 0 Å². The number of nitriles is 1. The van der Waals surface area contributed by atoms with Gasteiger partial charge in [0.2, 0.25) is 0 Å². The summed E-state index contributed by atoms with van der Waals surface area (Å²) in [6.45, 7) is 8.78. The van der Waals surface area contributed by atoms with Crippen LogP contribution in [0.4, 0.5) is 11.5 Å². The van der Waals surface area contributed by atoms with Crippen molar-refractivity contribution in [2.24, 2.45) is 0 Å². The molecule has 2 fully saturated rings. The summed E-state index contributed by atoms with van der Waals surface area (Å²) in [5.74, 6) is -0.0129. The third kappa shape index (κ3) is 5.49. The monoisotopic (exact) mass is 546 g/mol. The molecule has 3 aromatic rings. The van der Waals surface area contributed by atoms with Crippen LogP contribution in [0.5, 0.6) is 0 Å². The van der Waals surface area contributed by atoms with Crippen LogP contribution in [0.2, 0.25) is 0 Å². The Morgan fingerprint density at radius 1 is 1.25 bits per heavy atom. The summed E-state index contributed by atoms with van der Waals surface area (Å²) in [7, 11) is 0. The Morgan fingerprint density at radius 2 is 2.02 bits per heavy atom. The van der Waals surface area contributed by atoms with Gasteiger partial charge in [0.15, 0.2) is 11.9 Å². The highest BCUT2D eigenvalue weighted by Crippen LogP contribution is 2.38. The van der Waals surface area contributed by atoms with Crippen molar-refractivity contribution < 1.29 is 14.3 Å². The third-order valence-corrected chi connectivity index (χ3v) is 7.96. The molecule has 1 aromatic carbocycles. The van der Waals surface area contributed by atoms with Crippen molar-refractivity contribution >= 4 is 28.4 Å². The number of nitrogens with zero attached hydrogens (tertiary/aromatic N) is 3. The molecule has 1 unspecified atom stereocenters. The minimum absolute atomic E-state index is 0.0516. The van der Waals surface area contributed by atoms with Gasteiger partial charge in [-0.1, -0.05) is 18.6 Å². The molecule has 4 heterocycles. The van der Waals surface area contributed by atoms with Gasteiger partial charge in [-0.2, -0.15) is 10.4 Å². The maximum Gasteiger partial charge on any atom is 0.335 e. The number of fused-ring (bicyclic) bond motifs is 1. The quantitative estimate of drug-likeness (QED) is 0.382. The number of benzene rings is 1. The average Bonchev–Trinajstić information content (AvgIpc) is 3.29. The van der Waals surface area contributed by atoms with Crippen LogP contribution in [-0.2, 0) is 25.3 Å². The Hall–Kier alpha value is -3.68. The van der Waals surface area contributed by atoms with Crippen LogP contribution in [0.1, 0.15) is 71.8 Å². The second kappa shape index (κ2) is 10.7. The lowest BCUT2D eigenvalue weighted by molar-refractivity contribution is -0.176. The number of anilines is 2. The third-order valence-electron chi connectivity index (χ3n) is 7.96. The van der Waals surface area contributed by atoms with Gasteiger partial charge in [-0.25, -0.2) is 4.79 Å². The van der Waals surface area contributed by atoms with Crippen LogP contribution in [0.25, 0.3) is 10.9 Å². The fourth-order valence-electron chi connectivity index (χ4n) is 5.78. The van der Waals surface area contributed by atoms with E-state index in [1.807, 2.05) is 32.9 Å². The first-order valence-corrected chi connectivity index (χ1v) is 14.0. The molecule has 10 nitrogen and oxygen atoms in total. The van der Waals surface area contributed by atoms with Crippen LogP contribution < -0.4 is 16.2 Å². The lowest BCUT2D eigenvalue weighted by Crippen LogP contribution is -2.47. The number of ether oxygens (including phenoxy) is 2. The standard InChI is InChI=1S/C30H38N6O4/c1-28(2,3)40-27(38)23-11-14-30(15-16-31,19-39-23)36-22-12-18-32-26(37)24(22)25(35-36)34-21-9-7-20(8-10-21)29(4)13-5-6-17-33-29/h7-10,12,18,23,33H,5-6,11,13-15,17,19H2,1-4H3,(H,32,37)(H,34,35)/t23-,29?,30-/m0/s1. The molecule has 0 saturated carbocycles. The van der Waals surface area contributed by atoms with E-state index in [0.29, 0.717) is 29.6 Å². The summed E-state index contributed by atoms with van der Waals surface area (Å²) < 4.78 is 13.2. The number of rotatable bonds is 6. The molecular weight excluding hydrogens is 508 g/mol. The molecule has 0 spiro atoms. The Balaban J connectivity index is 1.44. The van der Waals surface area contributed by atoms with E-state index in [1.54, 1.807) is 16.9 Å². The molecule has 0 amide bonds. The van der Waals surface area contributed by atoms with Gasteiger partial charge in [0.05, 0.1) is 30.2 Å². The highest BCUT2D eigenvalue weighted by Gasteiger charge is 2.43. The van der Waals surface area contributed by atoms with E-state index >= 15 is 0 Å². The van der Waals surface area contributed by atoms with E-state index < -0.39 is 23.2 Å². The maximum absolute atomic E-state index is 13.0. The number of aromatic amines is 1. The van der Waals surface area contributed by atoms with E-state index in [0.717, 1.165) is 18.7 Å². The van der Waals surface area contributed by atoms with Gasteiger partial charge in [0, 0.05) is 17.4 Å². The van der Waals surface area contributed by atoms with E-state index in [-0.39, 0.29) is 24.1 Å². The number of esters is 1. The summed E-state index contributed by atoms with van der Waals surface area (Å²) in [5.41, 5.74) is 0.821. The van der Waals surface area contributed by atoms with Crippen molar-refractivity contribution in [2.45, 2.75) is 89.0 Å². The molecule has 0 radical (unpaired) electrons. The minimum atomic E-state index is -0.843. The molecule has 0 aliphatic carbocycles. The Bertz CT molecular complexity index is 1460. The topological polar surface area (TPSA) is 134 Å². The lowest BCUT2D eigenvalue weighted by Gasteiger charge is -2.39. The fraction of sp³-hybridized carbons (Fsp3) is 0.533. The summed E-state index contributed by atoms with van der Waals surface area (Å²) >= 11 is 0. The molecule has 2 aromatic heterocycles. The highest BCUT2D eigenvalue weighted by atomic mass is 16.6. The highest BCUT2D eigenvalue weighted by molar-refractivity contribution is 5.91. The minimum Gasteiger partial charge on any atom is -0.458 e. The summed E-state index contributed by atoms with van der Waals surface area (Å²) in [6, 6.07) is 12.3. The number of carbonyl (C=O) groups excluding carboxylic acids is 1. The summed E-state index contributed by atoms with van der Waals surface area (Å²) in [5, 5.41) is 22.0. The maximum atomic E-state index is 13.0. The molecule has 3 atom stereocenters. The first kappa shape index (κ1) is 27.9. The summed E-state index contributed by atoms with van der Waals surface area (Å²) in [6.07, 6.45) is 5.28. The zero-order valence-electron chi connectivity index (χ0n) is 23.7. The van der Waals surface area contributed by atoms with Crippen LogP contribution in [0.15, 0.2) is 41.3 Å². The molecule has 2 aliphatic rings. The van der Waals surface area contributed by atoms with E-state index in [2.05, 4.69) is 40.7 Å². The van der Waals surface area contributed by atoms with Crippen molar-refractivity contribution in [3.8, 4) is 6.07 Å². The zero-order chi connectivity index (χ0) is 28.5. The Kier molecular flexibility index (Phi) is 7.46. The molecule has 3 N–H and O–H groups in total. The first-order chi connectivity index (χ1) is 19.0. The molecule has 212 valence electrons. The molecule has 0 bridgehead atoms. The van der Waals surface area contributed by atoms with E-state index in [4.69, 9.17) is 14.6 Å². The molecule has 40 heavy (non-hydrogen) atoms. The van der Waals surface area contributed by atoms with Crippen molar-refractivity contribution in [1.29, 1.82) is 5.26 Å². The van der Waals surface area contributed by atoms with Gasteiger partial charge < -0.3 is 25.1 Å². The molecule has 2 aliphatic heterocycles. The van der Waals surface area contributed by atoms with Gasteiger partial charge in [-0.3, -0.25) is 9.48 Å². The predicted octanol–water partition coefficient (Wildman–Crippen LogP) is 4.59. The Labute approximate surface area is 234 Å². The molecule has 10 heteroatoms. The molecule has 5 rings (SSSR count). The number of hydrogen-bond acceptors (Lipinski definition) is 8. The van der Waals surface area contributed by atoms with E-state index in [9.17, 15) is 14.9 Å². The SMILES string of the molecule is CC(C)(C)OC(=O)[C@@H]1CC[C@@](CC#N)(n2nc(Nc3ccc(C4(C)CCCCN4)cc3)c3c(=O)[nH]ccc32)CO1. The van der Waals surface area contributed by atoms with Crippen LogP contribution in [0.3, 0.4) is 0 Å². The summed E-state index contributed by atoms with van der Waals surface area (Å²) in [4.78, 5) is 28.4. The lowest BCUT2D eigenvalue weighted by atomic mass is 9.84. The second-order valence-electron chi connectivity index (χ2n) is 12.2. The van der Waals surface area contributed by atoms with Gasteiger partial charge in [-0.05, 0) is 83.7 Å². The number of H-pyrrole nitrogens is 1. The van der Waals surface area contributed by atoms with Crippen molar-refractivity contribution in [2.75, 3.05) is 18.5 Å². The number of piperidine rings is 1. The average molecular weight is 547 g/mol. The number of pyridine rings is 1. The van der Waals surface area contributed by atoms with Crippen molar-refractivity contribution in [3.05, 3.63) is 52.4 Å². The van der Waals surface area contributed by atoms with E-state index in [1.165, 1.54) is 18.4 Å². The zero-order valence-corrected chi connectivity index (χ0v) is 23.7. The van der Waals surface area contributed by atoms with Gasteiger partial charge >= 0.3 is 5.97 Å². The first-order valence-electron chi connectivity index (χ1n) is 14.0. The molecular formula is C30H38N6O4. The normalized spacial score (nSPS) is 25.3. The smallest absolute Gasteiger partial charge is 0.335 e. The second-order valence-corrected chi connectivity index (χ2v) is 12.2. The van der Waals surface area contributed by atoms with Gasteiger partial charge in [-0.15, -0.1) is 0 Å². The predicted molar refractivity (Wildman–Crippen MR) is 152 cm³/mol. The van der Waals surface area contributed by atoms with Gasteiger partial charge in [0.25, 0.3) is 5.56 Å². The fourth-order valence-corrected chi connectivity index (χ4v) is 5.78. The van der Waals surface area contributed by atoms with Crippen LogP contribution in [-0.4, -0.2) is 45.6 Å². The van der Waals surface area contributed by atoms with Crippen molar-refractivity contribution in [1.82, 2.24) is 20.1 Å². The molecule has 2 saturated heterocycles. The largest absolute Gasteiger partial charge is 0.458 e. The number of nitrogens with one attached hydrogen (secondary N) is 3. The number of hydrogen-bond donors (Lipinski definition) is 3. The van der Waals surface area contributed by atoms with Crippen molar-refractivity contribution in [3.63, 3.8) is 0 Å².